The van der Waals surface area contributed by atoms with E-state index in [1.807, 2.05) is 0 Å². The molecule has 2 aromatic heterocycles. The van der Waals surface area contributed by atoms with Gasteiger partial charge in [-0.25, -0.2) is 15.0 Å². The van der Waals surface area contributed by atoms with Crippen LogP contribution >= 0.6 is 7.60 Å². The second-order valence-electron chi connectivity index (χ2n) is 6.38. The standard InChI is InChI=1S/C16H23N4O6P/c1-9(2)25-13-11(5-6-27(21,22)23)26-16(14(13)24-4)20-8-19-12-10(3)17-7-18-15(12)20/h5-9,11,13-14,16H,1-4H3,(H2,21,22,23)/b6-5+/t11-,13-,14-,16-/m1/s1/i5D,6D. The zero-order chi connectivity index (χ0) is 21.5. The predicted octanol–water partition coefficient (Wildman–Crippen LogP) is 1.53. The van der Waals surface area contributed by atoms with E-state index in [1.54, 1.807) is 25.3 Å². The predicted molar refractivity (Wildman–Crippen MR) is 96.0 cm³/mol. The zero-order valence-electron chi connectivity index (χ0n) is 17.3. The lowest BCUT2D eigenvalue weighted by Crippen LogP contribution is -2.37. The molecule has 0 saturated carbocycles. The Kier molecular flexibility index (Phi) is 5.00. The molecule has 0 aliphatic carbocycles. The molecule has 27 heavy (non-hydrogen) atoms. The summed E-state index contributed by atoms with van der Waals surface area (Å²) in [5, 5.41) is 0. The Morgan fingerprint density at radius 3 is 2.74 bits per heavy atom. The largest absolute Gasteiger partial charge is 0.374 e. The molecule has 1 saturated heterocycles. The van der Waals surface area contributed by atoms with E-state index >= 15 is 0 Å². The molecule has 4 atom stereocenters. The Bertz CT molecular complexity index is 977. The third-order valence-corrected chi connectivity index (χ3v) is 4.48. The minimum absolute atomic E-state index is 0.288. The highest BCUT2D eigenvalue weighted by Gasteiger charge is 2.47. The average Bonchev–Trinajstić information content (AvgIpc) is 3.21. The topological polar surface area (TPSA) is 129 Å². The lowest BCUT2D eigenvalue weighted by molar-refractivity contribution is -0.0756. The third-order valence-electron chi connectivity index (χ3n) is 4.06. The molecule has 2 aromatic rings. The molecule has 1 aliphatic rings. The first-order valence-corrected chi connectivity index (χ1v) is 9.88. The summed E-state index contributed by atoms with van der Waals surface area (Å²) in [4.78, 5) is 31.3. The molecule has 3 rings (SSSR count). The van der Waals surface area contributed by atoms with Gasteiger partial charge in [-0.1, -0.05) is 0 Å². The monoisotopic (exact) mass is 400 g/mol. The number of aromatic nitrogens is 4. The van der Waals surface area contributed by atoms with E-state index in [0.717, 1.165) is 0 Å². The first kappa shape index (κ1) is 17.4. The number of methoxy groups -OCH3 is 1. The van der Waals surface area contributed by atoms with Gasteiger partial charge in [0.15, 0.2) is 11.9 Å². The van der Waals surface area contributed by atoms with E-state index in [1.165, 1.54) is 19.8 Å². The van der Waals surface area contributed by atoms with Crippen LogP contribution in [-0.2, 0) is 18.8 Å². The molecule has 1 aliphatic heterocycles. The van der Waals surface area contributed by atoms with Gasteiger partial charge in [-0.15, -0.1) is 0 Å². The summed E-state index contributed by atoms with van der Waals surface area (Å²) in [6.07, 6.45) is -1.12. The van der Waals surface area contributed by atoms with Gasteiger partial charge in [-0.05, 0) is 26.8 Å². The highest BCUT2D eigenvalue weighted by molar-refractivity contribution is 7.55. The van der Waals surface area contributed by atoms with Crippen molar-refractivity contribution in [3.63, 3.8) is 0 Å². The molecule has 11 heteroatoms. The first-order chi connectivity index (χ1) is 13.6. The Balaban J connectivity index is 2.09. The van der Waals surface area contributed by atoms with Crippen molar-refractivity contribution in [1.82, 2.24) is 19.5 Å². The van der Waals surface area contributed by atoms with E-state index in [-0.39, 0.29) is 6.10 Å². The van der Waals surface area contributed by atoms with Crippen LogP contribution < -0.4 is 0 Å². The molecular weight excluding hydrogens is 375 g/mol. The second-order valence-corrected chi connectivity index (χ2v) is 7.69. The van der Waals surface area contributed by atoms with Crippen molar-refractivity contribution >= 4 is 18.8 Å². The molecule has 0 bridgehead atoms. The fourth-order valence-corrected chi connectivity index (χ4v) is 3.29. The maximum atomic E-state index is 11.5. The van der Waals surface area contributed by atoms with Gasteiger partial charge in [0.2, 0.25) is 0 Å². The summed E-state index contributed by atoms with van der Waals surface area (Å²) in [7, 11) is -3.50. The van der Waals surface area contributed by atoms with E-state index in [0.29, 0.717) is 16.9 Å². The van der Waals surface area contributed by atoms with Crippen LogP contribution in [0.25, 0.3) is 11.2 Å². The molecule has 0 spiro atoms. The number of hydrogen-bond donors (Lipinski definition) is 2. The van der Waals surface area contributed by atoms with Crippen molar-refractivity contribution in [3.8, 4) is 0 Å². The van der Waals surface area contributed by atoms with Crippen molar-refractivity contribution in [2.75, 3.05) is 7.11 Å². The van der Waals surface area contributed by atoms with Gasteiger partial charge >= 0.3 is 7.60 Å². The van der Waals surface area contributed by atoms with Crippen LogP contribution in [0.4, 0.5) is 0 Å². The van der Waals surface area contributed by atoms with Crippen LogP contribution in [0.3, 0.4) is 0 Å². The molecular formula is C16H23N4O6P. The van der Waals surface area contributed by atoms with Crippen molar-refractivity contribution < 1.29 is 31.3 Å². The van der Waals surface area contributed by atoms with Crippen LogP contribution in [0.5, 0.6) is 0 Å². The van der Waals surface area contributed by atoms with Gasteiger partial charge in [0.1, 0.15) is 30.2 Å². The van der Waals surface area contributed by atoms with Gasteiger partial charge in [-0.3, -0.25) is 9.13 Å². The Labute approximate surface area is 159 Å². The lowest BCUT2D eigenvalue weighted by Gasteiger charge is -2.24. The minimum Gasteiger partial charge on any atom is -0.374 e. The molecule has 0 unspecified atom stereocenters. The SMILES string of the molecule is [2H]/C(=C(/[2H])P(=O)(O)O)[C@H]1O[C@@H](n2cnc3c(C)ncnc32)[C@H](OC)[C@@H]1OC(C)C. The second kappa shape index (κ2) is 7.75. The molecule has 0 radical (unpaired) electrons. The molecule has 2 N–H and O–H groups in total. The van der Waals surface area contributed by atoms with E-state index < -0.39 is 44.0 Å². The Hall–Kier alpha value is -1.68. The van der Waals surface area contributed by atoms with E-state index in [2.05, 4.69) is 15.0 Å². The quantitative estimate of drug-likeness (QED) is 0.694. The van der Waals surface area contributed by atoms with E-state index in [9.17, 15) is 14.4 Å². The average molecular weight is 400 g/mol. The number of fused-ring (bicyclic) bond motifs is 1. The molecule has 0 amide bonds. The fourth-order valence-electron chi connectivity index (χ4n) is 3.00. The van der Waals surface area contributed by atoms with Crippen molar-refractivity contribution in [1.29, 1.82) is 0 Å². The van der Waals surface area contributed by atoms with Gasteiger partial charge < -0.3 is 24.0 Å². The number of hydrogen-bond acceptors (Lipinski definition) is 7. The summed E-state index contributed by atoms with van der Waals surface area (Å²) in [5.41, 5.74) is 1.71. The molecule has 0 aromatic carbocycles. The molecule has 10 nitrogen and oxygen atoms in total. The number of nitrogens with zero attached hydrogens (tertiary/aromatic N) is 4. The Morgan fingerprint density at radius 2 is 2.11 bits per heavy atom. The van der Waals surface area contributed by atoms with Crippen LogP contribution in [-0.4, -0.2) is 60.8 Å². The maximum Gasteiger partial charge on any atom is 0.348 e. The third kappa shape index (κ3) is 4.26. The molecule has 3 heterocycles. The number of imidazole rings is 1. The van der Waals surface area contributed by atoms with E-state index in [4.69, 9.17) is 17.0 Å². The minimum atomic E-state index is -4.94. The smallest absolute Gasteiger partial charge is 0.348 e. The van der Waals surface area contributed by atoms with Crippen molar-refractivity contribution in [2.45, 2.75) is 51.4 Å². The van der Waals surface area contributed by atoms with Gasteiger partial charge in [-0.2, -0.15) is 0 Å². The highest BCUT2D eigenvalue weighted by atomic mass is 31.2. The summed E-state index contributed by atoms with van der Waals surface area (Å²) in [6.45, 7) is 5.34. The summed E-state index contributed by atoms with van der Waals surface area (Å²) in [5.74, 6) is -1.12. The lowest BCUT2D eigenvalue weighted by atomic mass is 10.1. The first-order valence-electron chi connectivity index (χ1n) is 9.27. The maximum absolute atomic E-state index is 11.5. The van der Waals surface area contributed by atoms with Gasteiger partial charge in [0.25, 0.3) is 0 Å². The Morgan fingerprint density at radius 1 is 1.37 bits per heavy atom. The zero-order valence-corrected chi connectivity index (χ0v) is 16.2. The van der Waals surface area contributed by atoms with Crippen molar-refractivity contribution in [2.24, 2.45) is 0 Å². The van der Waals surface area contributed by atoms with Gasteiger partial charge in [0.05, 0.1) is 20.9 Å². The van der Waals surface area contributed by atoms with Crippen LogP contribution in [0, 0.1) is 6.92 Å². The number of rotatable bonds is 6. The summed E-state index contributed by atoms with van der Waals surface area (Å²) < 4.78 is 46.4. The molecule has 1 fully saturated rings. The highest BCUT2D eigenvalue weighted by Crippen LogP contribution is 2.40. The number of aryl methyl sites for hydroxylation is 1. The van der Waals surface area contributed by atoms with Gasteiger partial charge in [0, 0.05) is 12.9 Å². The normalized spacial score (nSPS) is 28.4. The van der Waals surface area contributed by atoms with Crippen LogP contribution in [0.15, 0.2) is 24.5 Å². The summed E-state index contributed by atoms with van der Waals surface area (Å²) in [6, 6.07) is -0.663. The fraction of sp³-hybridized carbons (Fsp3) is 0.562. The van der Waals surface area contributed by atoms with Crippen molar-refractivity contribution in [3.05, 3.63) is 30.2 Å². The van der Waals surface area contributed by atoms with Crippen LogP contribution in [0.2, 0.25) is 0 Å². The summed E-state index contributed by atoms with van der Waals surface area (Å²) >= 11 is 0. The number of ether oxygens (including phenoxy) is 3. The molecule has 148 valence electrons. The van der Waals surface area contributed by atoms with Crippen LogP contribution in [0.1, 0.15) is 28.5 Å².